The van der Waals surface area contributed by atoms with E-state index < -0.39 is 0 Å². The van der Waals surface area contributed by atoms with Crippen molar-refractivity contribution in [1.82, 2.24) is 4.98 Å². The van der Waals surface area contributed by atoms with E-state index in [1.54, 1.807) is 11.3 Å². The fourth-order valence-electron chi connectivity index (χ4n) is 2.42. The Morgan fingerprint density at radius 2 is 2.12 bits per heavy atom. The quantitative estimate of drug-likeness (QED) is 0.875. The number of rotatable bonds is 2. The zero-order valence-corrected chi connectivity index (χ0v) is 10.8. The highest BCUT2D eigenvalue weighted by molar-refractivity contribution is 7.13. The summed E-state index contributed by atoms with van der Waals surface area (Å²) in [6.45, 7) is 2.04. The molecule has 1 unspecified atom stereocenters. The minimum absolute atomic E-state index is 0.537. The van der Waals surface area contributed by atoms with Crippen molar-refractivity contribution in [3.05, 3.63) is 46.5 Å². The largest absolute Gasteiger partial charge is 0.358 e. The normalized spacial score (nSPS) is 18.8. The molecule has 0 saturated heterocycles. The molecule has 0 saturated carbocycles. The lowest BCUT2D eigenvalue weighted by Crippen LogP contribution is -2.27. The van der Waals surface area contributed by atoms with E-state index in [0.717, 1.165) is 17.2 Å². The molecule has 0 fully saturated rings. The van der Waals surface area contributed by atoms with Crippen LogP contribution in [0.3, 0.4) is 0 Å². The van der Waals surface area contributed by atoms with Gasteiger partial charge < -0.3 is 5.32 Å². The van der Waals surface area contributed by atoms with Gasteiger partial charge in [0.25, 0.3) is 0 Å². The van der Waals surface area contributed by atoms with E-state index in [2.05, 4.69) is 39.9 Å². The number of aromatic nitrogens is 1. The average molecular weight is 244 g/mol. The number of nitrogens with zero attached hydrogens (tertiary/aromatic N) is 1. The van der Waals surface area contributed by atoms with Gasteiger partial charge in [-0.3, -0.25) is 0 Å². The summed E-state index contributed by atoms with van der Waals surface area (Å²) in [4.78, 5) is 4.47. The van der Waals surface area contributed by atoms with E-state index in [1.165, 1.54) is 24.0 Å². The monoisotopic (exact) mass is 244 g/mol. The summed E-state index contributed by atoms with van der Waals surface area (Å²) in [5, 5.41) is 6.71. The van der Waals surface area contributed by atoms with Gasteiger partial charge in [-0.15, -0.1) is 11.3 Å². The minimum Gasteiger partial charge on any atom is -0.358 e. The maximum absolute atomic E-state index is 4.47. The van der Waals surface area contributed by atoms with Crippen LogP contribution in [0.2, 0.25) is 0 Å². The van der Waals surface area contributed by atoms with Crippen LogP contribution in [0.25, 0.3) is 0 Å². The molecule has 2 aromatic rings. The first kappa shape index (κ1) is 10.8. The maximum atomic E-state index is 4.47. The third-order valence-electron chi connectivity index (χ3n) is 3.29. The molecule has 1 N–H and O–H groups in total. The Hall–Kier alpha value is -1.35. The molecular formula is C14H16N2S. The molecule has 3 heteroatoms. The lowest BCUT2D eigenvalue weighted by molar-refractivity contribution is 0.610. The van der Waals surface area contributed by atoms with E-state index in [-0.39, 0.29) is 0 Å². The van der Waals surface area contributed by atoms with Crippen molar-refractivity contribution in [2.45, 2.75) is 32.2 Å². The number of hydrogen-bond acceptors (Lipinski definition) is 3. The van der Waals surface area contributed by atoms with Gasteiger partial charge in [0.1, 0.15) is 0 Å². The van der Waals surface area contributed by atoms with Crippen LogP contribution in [-0.4, -0.2) is 11.0 Å². The summed E-state index contributed by atoms with van der Waals surface area (Å²) in [5.74, 6) is 0. The van der Waals surface area contributed by atoms with Gasteiger partial charge in [-0.05, 0) is 37.3 Å². The lowest BCUT2D eigenvalue weighted by Gasteiger charge is -2.25. The van der Waals surface area contributed by atoms with Crippen molar-refractivity contribution in [2.24, 2.45) is 0 Å². The first-order chi connectivity index (χ1) is 8.31. The summed E-state index contributed by atoms with van der Waals surface area (Å²) in [7, 11) is 0. The zero-order chi connectivity index (χ0) is 11.7. The SMILES string of the molecule is Cc1csc(NC2CCc3ccccc3C2)n1. The molecule has 2 nitrogen and oxygen atoms in total. The lowest BCUT2D eigenvalue weighted by atomic mass is 9.88. The molecule has 0 amide bonds. The van der Waals surface area contributed by atoms with Crippen molar-refractivity contribution in [3.8, 4) is 0 Å². The van der Waals surface area contributed by atoms with Gasteiger partial charge in [-0.1, -0.05) is 24.3 Å². The number of anilines is 1. The number of nitrogens with one attached hydrogen (secondary N) is 1. The van der Waals surface area contributed by atoms with E-state index in [0.29, 0.717) is 6.04 Å². The molecule has 3 rings (SSSR count). The molecule has 0 bridgehead atoms. The summed E-state index contributed by atoms with van der Waals surface area (Å²) in [5.41, 5.74) is 4.11. The van der Waals surface area contributed by atoms with E-state index in [9.17, 15) is 0 Å². The van der Waals surface area contributed by atoms with Crippen LogP contribution in [0.4, 0.5) is 5.13 Å². The molecule has 1 aromatic heterocycles. The average Bonchev–Trinajstić information content (AvgIpc) is 2.75. The van der Waals surface area contributed by atoms with Crippen LogP contribution in [0, 0.1) is 6.92 Å². The number of thiazole rings is 1. The van der Waals surface area contributed by atoms with Crippen LogP contribution < -0.4 is 5.32 Å². The Morgan fingerprint density at radius 1 is 1.29 bits per heavy atom. The van der Waals surface area contributed by atoms with Gasteiger partial charge in [0.2, 0.25) is 0 Å². The summed E-state index contributed by atoms with van der Waals surface area (Å²) >= 11 is 1.70. The highest BCUT2D eigenvalue weighted by Gasteiger charge is 2.18. The Labute approximate surface area is 106 Å². The Bertz CT molecular complexity index is 518. The Balaban J connectivity index is 1.72. The maximum Gasteiger partial charge on any atom is 0.183 e. The van der Waals surface area contributed by atoms with Crippen molar-refractivity contribution in [1.29, 1.82) is 0 Å². The van der Waals surface area contributed by atoms with Gasteiger partial charge in [-0.25, -0.2) is 4.98 Å². The van der Waals surface area contributed by atoms with Gasteiger partial charge in [0.05, 0.1) is 5.69 Å². The van der Waals surface area contributed by atoms with E-state index in [4.69, 9.17) is 0 Å². The van der Waals surface area contributed by atoms with Crippen LogP contribution in [-0.2, 0) is 12.8 Å². The molecule has 17 heavy (non-hydrogen) atoms. The summed E-state index contributed by atoms with van der Waals surface area (Å²) < 4.78 is 0. The molecule has 0 radical (unpaired) electrons. The third kappa shape index (κ3) is 2.34. The van der Waals surface area contributed by atoms with Crippen molar-refractivity contribution in [3.63, 3.8) is 0 Å². The second-order valence-corrected chi connectivity index (χ2v) is 5.50. The van der Waals surface area contributed by atoms with Gasteiger partial charge in [0.15, 0.2) is 5.13 Å². The summed E-state index contributed by atoms with van der Waals surface area (Å²) in [6.07, 6.45) is 3.50. The van der Waals surface area contributed by atoms with E-state index in [1.807, 2.05) is 6.92 Å². The number of fused-ring (bicyclic) bond motifs is 1. The predicted octanol–water partition coefficient (Wildman–Crippen LogP) is 3.42. The van der Waals surface area contributed by atoms with E-state index >= 15 is 0 Å². The molecule has 0 aliphatic heterocycles. The van der Waals surface area contributed by atoms with Crippen LogP contribution >= 0.6 is 11.3 Å². The minimum atomic E-state index is 0.537. The molecule has 1 aromatic carbocycles. The number of benzene rings is 1. The standard InChI is InChI=1S/C14H16N2S/c1-10-9-17-14(15-10)16-13-7-6-11-4-2-3-5-12(11)8-13/h2-5,9,13H,6-8H2,1H3,(H,15,16). The topological polar surface area (TPSA) is 24.9 Å². The van der Waals surface area contributed by atoms with Gasteiger partial charge in [0, 0.05) is 11.4 Å². The Kier molecular flexibility index (Phi) is 2.85. The van der Waals surface area contributed by atoms with Crippen LogP contribution in [0.1, 0.15) is 23.2 Å². The smallest absolute Gasteiger partial charge is 0.183 e. The highest BCUT2D eigenvalue weighted by atomic mass is 32.1. The third-order valence-corrected chi connectivity index (χ3v) is 4.18. The highest BCUT2D eigenvalue weighted by Crippen LogP contribution is 2.24. The van der Waals surface area contributed by atoms with Gasteiger partial charge in [-0.2, -0.15) is 0 Å². The fourth-order valence-corrected chi connectivity index (χ4v) is 3.18. The number of hydrogen-bond donors (Lipinski definition) is 1. The van der Waals surface area contributed by atoms with Crippen LogP contribution in [0.5, 0.6) is 0 Å². The molecule has 1 aliphatic rings. The molecule has 1 aliphatic carbocycles. The predicted molar refractivity (Wildman–Crippen MR) is 72.7 cm³/mol. The Morgan fingerprint density at radius 3 is 2.88 bits per heavy atom. The molecule has 88 valence electrons. The van der Waals surface area contributed by atoms with Gasteiger partial charge >= 0.3 is 0 Å². The first-order valence-corrected chi connectivity index (χ1v) is 6.94. The van der Waals surface area contributed by atoms with Crippen LogP contribution in [0.15, 0.2) is 29.6 Å². The number of aryl methyl sites for hydroxylation is 2. The zero-order valence-electron chi connectivity index (χ0n) is 9.94. The second kappa shape index (κ2) is 4.49. The molecule has 1 heterocycles. The molecule has 0 spiro atoms. The van der Waals surface area contributed by atoms with Crippen molar-refractivity contribution < 1.29 is 0 Å². The molecule has 1 atom stereocenters. The second-order valence-electron chi connectivity index (χ2n) is 4.65. The summed E-state index contributed by atoms with van der Waals surface area (Å²) in [6, 6.07) is 9.30. The van der Waals surface area contributed by atoms with Crippen molar-refractivity contribution >= 4 is 16.5 Å². The molecular weight excluding hydrogens is 228 g/mol. The van der Waals surface area contributed by atoms with Crippen molar-refractivity contribution in [2.75, 3.05) is 5.32 Å². The first-order valence-electron chi connectivity index (χ1n) is 6.07. The fraction of sp³-hybridized carbons (Fsp3) is 0.357.